The Morgan fingerprint density at radius 1 is 1.20 bits per heavy atom. The normalized spacial score (nSPS) is 25.6. The second-order valence-electron chi connectivity index (χ2n) is 10.9. The first-order valence-corrected chi connectivity index (χ1v) is 14.0. The summed E-state index contributed by atoms with van der Waals surface area (Å²) in [7, 11) is 1.47. The summed E-state index contributed by atoms with van der Waals surface area (Å²) in [5.41, 5.74) is 0.486. The van der Waals surface area contributed by atoms with Gasteiger partial charge in [-0.2, -0.15) is 0 Å². The Morgan fingerprint density at radius 2 is 1.88 bits per heavy atom. The smallest absolute Gasteiger partial charge is 0.416 e. The molecule has 0 spiro atoms. The van der Waals surface area contributed by atoms with Crippen LogP contribution in [0.3, 0.4) is 0 Å². The van der Waals surface area contributed by atoms with Crippen molar-refractivity contribution >= 4 is 28.6 Å². The number of cyclic esters (lactones) is 1. The van der Waals surface area contributed by atoms with Crippen LogP contribution in [-0.4, -0.2) is 85.3 Å². The molecule has 0 saturated carbocycles. The molecule has 8 atom stereocenters. The number of hydrogen-bond acceptors (Lipinski definition) is 10. The fraction of sp³-hybridized carbons (Fsp3) is 0.714. The van der Waals surface area contributed by atoms with Gasteiger partial charge in [-0.1, -0.05) is 32.3 Å². The van der Waals surface area contributed by atoms with Crippen molar-refractivity contribution < 1.29 is 42.9 Å². The van der Waals surface area contributed by atoms with Gasteiger partial charge in [0, 0.05) is 32.4 Å². The van der Waals surface area contributed by atoms with Gasteiger partial charge in [-0.25, -0.2) is 14.1 Å². The molecular formula is C28H42FN3O8. The molecule has 2 aliphatic rings. The van der Waals surface area contributed by atoms with E-state index in [1.807, 2.05) is 46.4 Å². The molecule has 2 aromatic rings. The molecule has 8 unspecified atom stereocenters. The maximum atomic E-state index is 16.4. The number of carbonyl (C=O) groups is 1. The van der Waals surface area contributed by atoms with E-state index in [4.69, 9.17) is 23.5 Å². The van der Waals surface area contributed by atoms with Crippen LogP contribution in [0.1, 0.15) is 59.8 Å². The van der Waals surface area contributed by atoms with Crippen molar-refractivity contribution in [2.45, 2.75) is 84.7 Å². The number of nitrogens with zero attached hydrogens (tertiary/aromatic N) is 3. The largest absolute Gasteiger partial charge is 0.447 e. The summed E-state index contributed by atoms with van der Waals surface area (Å²) in [4.78, 5) is 15.9. The van der Waals surface area contributed by atoms with Gasteiger partial charge in [0.2, 0.25) is 5.58 Å². The Bertz CT molecular complexity index is 1170. The molecule has 1 aromatic carbocycles. The van der Waals surface area contributed by atoms with Gasteiger partial charge >= 0.3 is 6.09 Å². The van der Waals surface area contributed by atoms with Crippen LogP contribution in [0, 0.1) is 17.7 Å². The van der Waals surface area contributed by atoms with Crippen LogP contribution < -0.4 is 9.80 Å². The minimum absolute atomic E-state index is 0.0216. The summed E-state index contributed by atoms with van der Waals surface area (Å²) in [6.07, 6.45) is -3.63. The molecule has 1 amide bonds. The van der Waals surface area contributed by atoms with Crippen LogP contribution in [0.2, 0.25) is 0 Å². The van der Waals surface area contributed by atoms with Crippen LogP contribution in [0.15, 0.2) is 10.6 Å². The van der Waals surface area contributed by atoms with Crippen molar-refractivity contribution in [1.82, 2.24) is 5.16 Å². The maximum Gasteiger partial charge on any atom is 0.416 e. The molecule has 2 saturated heterocycles. The van der Waals surface area contributed by atoms with Crippen molar-refractivity contribution in [3.8, 4) is 0 Å². The van der Waals surface area contributed by atoms with E-state index in [-0.39, 0.29) is 53.1 Å². The standard InChI is InChI=1S/C28H42FN3O8/c1-8-14(3)17(6)23(33)24(34)20-13-38-28(35)32(20)26-19-10-18(27(36-7)37-9-2)22(21(29)25(19)40-30-26)31-11-15(4)39-16(5)12-31/h10,14-17,20,23-24,27,33-34H,8-9,11-13H2,1-7H3. The van der Waals surface area contributed by atoms with E-state index in [1.165, 1.54) is 7.11 Å². The van der Waals surface area contributed by atoms with Crippen LogP contribution in [0.4, 0.5) is 20.7 Å². The number of amides is 1. The Labute approximate surface area is 234 Å². The number of morpholine rings is 1. The van der Waals surface area contributed by atoms with Crippen LogP contribution in [-0.2, 0) is 18.9 Å². The number of methoxy groups -OCH3 is 1. The highest BCUT2D eigenvalue weighted by molar-refractivity contribution is 6.01. The summed E-state index contributed by atoms with van der Waals surface area (Å²) in [5, 5.41) is 26.3. The van der Waals surface area contributed by atoms with Gasteiger partial charge in [-0.15, -0.1) is 0 Å². The molecule has 1 aromatic heterocycles. The molecule has 3 heterocycles. The van der Waals surface area contributed by atoms with Gasteiger partial charge in [0.05, 0.1) is 29.4 Å². The maximum absolute atomic E-state index is 16.4. The average Bonchev–Trinajstić information content (AvgIpc) is 3.52. The second kappa shape index (κ2) is 12.6. The fourth-order valence-electron chi connectivity index (χ4n) is 5.68. The summed E-state index contributed by atoms with van der Waals surface area (Å²) in [5.74, 6) is -0.810. The lowest BCUT2D eigenvalue weighted by Gasteiger charge is -2.38. The fourth-order valence-corrected chi connectivity index (χ4v) is 5.68. The first kappa shape index (κ1) is 30.4. The monoisotopic (exact) mass is 567 g/mol. The lowest BCUT2D eigenvalue weighted by molar-refractivity contribution is -0.123. The highest BCUT2D eigenvalue weighted by Crippen LogP contribution is 2.42. The van der Waals surface area contributed by atoms with E-state index in [2.05, 4.69) is 5.16 Å². The minimum atomic E-state index is -1.34. The van der Waals surface area contributed by atoms with Gasteiger partial charge in [0.15, 0.2) is 17.9 Å². The summed E-state index contributed by atoms with van der Waals surface area (Å²) in [6, 6.07) is 0.682. The van der Waals surface area contributed by atoms with E-state index < -0.39 is 36.5 Å². The number of halogens is 1. The third-order valence-electron chi connectivity index (χ3n) is 8.17. The van der Waals surface area contributed by atoms with E-state index in [9.17, 15) is 15.0 Å². The number of fused-ring (bicyclic) bond motifs is 1. The summed E-state index contributed by atoms with van der Waals surface area (Å²) >= 11 is 0. The molecule has 40 heavy (non-hydrogen) atoms. The molecule has 4 rings (SSSR count). The van der Waals surface area contributed by atoms with Crippen molar-refractivity contribution in [3.63, 3.8) is 0 Å². The average molecular weight is 568 g/mol. The Hall–Kier alpha value is -2.51. The van der Waals surface area contributed by atoms with Gasteiger partial charge in [-0.3, -0.25) is 0 Å². The number of anilines is 2. The van der Waals surface area contributed by atoms with Gasteiger partial charge in [0.25, 0.3) is 0 Å². The van der Waals surface area contributed by atoms with Gasteiger partial charge < -0.3 is 38.6 Å². The number of benzene rings is 1. The van der Waals surface area contributed by atoms with Crippen LogP contribution in [0.25, 0.3) is 11.0 Å². The Kier molecular flexibility index (Phi) is 9.56. The lowest BCUT2D eigenvalue weighted by Crippen LogP contribution is -2.50. The summed E-state index contributed by atoms with van der Waals surface area (Å²) < 4.78 is 44.4. The number of aliphatic hydroxyl groups excluding tert-OH is 2. The zero-order valence-corrected chi connectivity index (χ0v) is 24.3. The molecular weight excluding hydrogens is 525 g/mol. The van der Waals surface area contributed by atoms with E-state index in [1.54, 1.807) is 6.07 Å². The summed E-state index contributed by atoms with van der Waals surface area (Å²) in [6.45, 7) is 12.5. The quantitative estimate of drug-likeness (QED) is 0.385. The van der Waals surface area contributed by atoms with Crippen molar-refractivity contribution in [2.24, 2.45) is 11.8 Å². The van der Waals surface area contributed by atoms with E-state index in [0.717, 1.165) is 11.3 Å². The molecule has 0 radical (unpaired) electrons. The number of aromatic nitrogens is 1. The van der Waals surface area contributed by atoms with Gasteiger partial charge in [0.1, 0.15) is 18.8 Å². The highest BCUT2D eigenvalue weighted by Gasteiger charge is 2.45. The molecule has 2 N–H and O–H groups in total. The zero-order chi connectivity index (χ0) is 29.3. The predicted octanol–water partition coefficient (Wildman–Crippen LogP) is 3.99. The number of carbonyl (C=O) groups excluding carboxylic acids is 1. The first-order chi connectivity index (χ1) is 19.0. The van der Waals surface area contributed by atoms with Gasteiger partial charge in [-0.05, 0) is 38.7 Å². The molecule has 224 valence electrons. The van der Waals surface area contributed by atoms with Crippen LogP contribution in [0.5, 0.6) is 0 Å². The third kappa shape index (κ3) is 5.64. The van der Waals surface area contributed by atoms with E-state index in [0.29, 0.717) is 25.3 Å². The topological polar surface area (TPSA) is 127 Å². The third-order valence-corrected chi connectivity index (χ3v) is 8.17. The number of hydrogen-bond donors (Lipinski definition) is 2. The SMILES string of the molecule is CCOC(OC)c1cc2c(N3C(=O)OCC3C(O)C(O)C(C)C(C)CC)noc2c(F)c1N1CC(C)OC(C)C1. The molecule has 0 aliphatic carbocycles. The first-order valence-electron chi connectivity index (χ1n) is 14.0. The number of aliphatic hydroxyl groups is 2. The Morgan fingerprint density at radius 3 is 2.48 bits per heavy atom. The minimum Gasteiger partial charge on any atom is -0.447 e. The molecule has 0 bridgehead atoms. The molecule has 2 aliphatic heterocycles. The van der Waals surface area contributed by atoms with Crippen molar-refractivity contribution in [3.05, 3.63) is 17.4 Å². The highest BCUT2D eigenvalue weighted by atomic mass is 19.1. The predicted molar refractivity (Wildman–Crippen MR) is 146 cm³/mol. The lowest BCUT2D eigenvalue weighted by atomic mass is 9.84. The second-order valence-corrected chi connectivity index (χ2v) is 10.9. The molecule has 11 nitrogen and oxygen atoms in total. The van der Waals surface area contributed by atoms with Crippen molar-refractivity contribution in [2.75, 3.05) is 43.2 Å². The Balaban J connectivity index is 1.81. The number of rotatable bonds is 11. The zero-order valence-electron chi connectivity index (χ0n) is 24.3. The molecule has 12 heteroatoms. The van der Waals surface area contributed by atoms with Crippen LogP contribution >= 0.6 is 0 Å². The van der Waals surface area contributed by atoms with Crippen molar-refractivity contribution in [1.29, 1.82) is 0 Å². The number of ether oxygens (including phenoxy) is 4. The molecule has 2 fully saturated rings. The van der Waals surface area contributed by atoms with E-state index >= 15 is 4.39 Å².